The van der Waals surface area contributed by atoms with E-state index in [1.807, 2.05) is 25.3 Å². The number of nitrogens with one attached hydrogen (secondary N) is 1. The highest BCUT2D eigenvalue weighted by atomic mass is 127. The van der Waals surface area contributed by atoms with Crippen molar-refractivity contribution in [3.05, 3.63) is 47.8 Å². The maximum Gasteiger partial charge on any atom is 0.123 e. The molecule has 1 rings (SSSR count). The Morgan fingerprint density at radius 1 is 1.42 bits per heavy atom. The molecule has 0 aliphatic carbocycles. The third-order valence-corrected chi connectivity index (χ3v) is 4.01. The van der Waals surface area contributed by atoms with Crippen molar-refractivity contribution in [1.29, 1.82) is 0 Å². The second-order valence-electron chi connectivity index (χ2n) is 4.11. The van der Waals surface area contributed by atoms with Crippen molar-refractivity contribution in [2.75, 3.05) is 20.8 Å². The van der Waals surface area contributed by atoms with Crippen molar-refractivity contribution in [3.63, 3.8) is 0 Å². The smallest absolute Gasteiger partial charge is 0.123 e. The number of rotatable bonds is 7. The average Bonchev–Trinajstić information content (AvgIpc) is 2.41. The molecule has 0 fully saturated rings. The molecule has 0 aliphatic heterocycles. The van der Waals surface area contributed by atoms with Gasteiger partial charge in [0.25, 0.3) is 0 Å². The van der Waals surface area contributed by atoms with Crippen LogP contribution in [0.2, 0.25) is 0 Å². The van der Waals surface area contributed by atoms with Crippen molar-refractivity contribution in [2.45, 2.75) is 13.0 Å². The van der Waals surface area contributed by atoms with Gasteiger partial charge in [0.15, 0.2) is 0 Å². The molecule has 106 valence electrons. The van der Waals surface area contributed by atoms with Crippen molar-refractivity contribution in [3.8, 4) is 0 Å². The van der Waals surface area contributed by atoms with Gasteiger partial charge >= 0.3 is 0 Å². The standard InChI is InChI=1S/C14H20FIN2O/c1-11(5-4-10-19-3)14(18-16-17-2)12-6-8-13(15)9-7-12/h4-9,11,14H,10H2,1-3H3,(H,17,18)/b5-4+. The first-order chi connectivity index (χ1) is 9.19. The molecule has 0 spiro atoms. The summed E-state index contributed by atoms with van der Waals surface area (Å²) >= 11 is -0.383. The predicted molar refractivity (Wildman–Crippen MR) is 84.8 cm³/mol. The maximum atomic E-state index is 13.0. The van der Waals surface area contributed by atoms with Crippen LogP contribution in [0.25, 0.3) is 0 Å². The Morgan fingerprint density at radius 2 is 2.11 bits per heavy atom. The number of ether oxygens (including phenoxy) is 1. The van der Waals surface area contributed by atoms with E-state index in [0.717, 1.165) is 5.56 Å². The van der Waals surface area contributed by atoms with E-state index in [9.17, 15) is 4.39 Å². The minimum absolute atomic E-state index is 0.0638. The van der Waals surface area contributed by atoms with E-state index < -0.39 is 0 Å². The number of benzene rings is 1. The molecule has 1 N–H and O–H groups in total. The van der Waals surface area contributed by atoms with Crippen molar-refractivity contribution in [1.82, 2.24) is 3.53 Å². The van der Waals surface area contributed by atoms with Crippen molar-refractivity contribution in [2.24, 2.45) is 9.06 Å². The minimum Gasteiger partial charge on any atom is -0.381 e. The van der Waals surface area contributed by atoms with Gasteiger partial charge in [-0.15, -0.1) is 0 Å². The van der Waals surface area contributed by atoms with E-state index >= 15 is 0 Å². The Morgan fingerprint density at radius 3 is 2.68 bits per heavy atom. The SMILES string of the molecule is CNI=NC(c1ccc(F)cc1)C(C)/C=C/COC. The summed E-state index contributed by atoms with van der Waals surface area (Å²) in [5.74, 6) is 0.0436. The first-order valence-electron chi connectivity index (χ1n) is 6.10. The van der Waals surface area contributed by atoms with Crippen LogP contribution in [0.4, 0.5) is 4.39 Å². The lowest BCUT2D eigenvalue weighted by molar-refractivity contribution is 0.233. The van der Waals surface area contributed by atoms with E-state index in [1.54, 1.807) is 7.11 Å². The molecule has 3 nitrogen and oxygen atoms in total. The van der Waals surface area contributed by atoms with Gasteiger partial charge in [-0.1, -0.05) is 31.2 Å². The number of halogens is 2. The van der Waals surface area contributed by atoms with E-state index in [2.05, 4.69) is 16.5 Å². The molecular formula is C14H20FIN2O. The summed E-state index contributed by atoms with van der Waals surface area (Å²) in [6.45, 7) is 2.71. The Kier molecular flexibility index (Phi) is 8.00. The first-order valence-corrected chi connectivity index (χ1v) is 8.14. The Labute approximate surface area is 124 Å². The van der Waals surface area contributed by atoms with Gasteiger partial charge in [0.1, 0.15) is 5.82 Å². The van der Waals surface area contributed by atoms with Gasteiger partial charge < -0.3 is 4.74 Å². The zero-order chi connectivity index (χ0) is 14.1. The van der Waals surface area contributed by atoms with Gasteiger partial charge in [-0.2, -0.15) is 0 Å². The van der Waals surface area contributed by atoms with Crippen LogP contribution in [0.15, 0.2) is 39.6 Å². The summed E-state index contributed by atoms with van der Waals surface area (Å²) in [4.78, 5) is 0. The molecule has 0 heterocycles. The molecule has 0 aliphatic rings. The lowest BCUT2D eigenvalue weighted by atomic mass is 9.95. The first kappa shape index (κ1) is 16.4. The molecule has 0 bridgehead atoms. The third kappa shape index (κ3) is 5.88. The van der Waals surface area contributed by atoms with Gasteiger partial charge in [-0.3, -0.25) is 3.53 Å². The lowest BCUT2D eigenvalue weighted by Crippen LogP contribution is -2.05. The molecule has 0 aromatic heterocycles. The molecule has 19 heavy (non-hydrogen) atoms. The van der Waals surface area contributed by atoms with Crippen LogP contribution >= 0.6 is 21.3 Å². The van der Waals surface area contributed by atoms with Gasteiger partial charge in [-0.05, 0) is 24.7 Å². The van der Waals surface area contributed by atoms with Crippen molar-refractivity contribution < 1.29 is 9.13 Å². The van der Waals surface area contributed by atoms with Gasteiger partial charge in [-0.25, -0.2) is 7.54 Å². The molecule has 0 amide bonds. The number of nitrogens with zero attached hydrogens (tertiary/aromatic N) is 1. The highest BCUT2D eigenvalue weighted by molar-refractivity contribution is 14.1. The van der Waals surface area contributed by atoms with Crippen LogP contribution in [0.3, 0.4) is 0 Å². The number of hydrogen-bond acceptors (Lipinski definition) is 2. The molecule has 0 saturated carbocycles. The fourth-order valence-corrected chi connectivity index (χ4v) is 3.09. The van der Waals surface area contributed by atoms with Crippen molar-refractivity contribution >= 4 is 21.3 Å². The quantitative estimate of drug-likeness (QED) is 0.442. The highest BCUT2D eigenvalue weighted by Gasteiger charge is 2.16. The zero-order valence-corrected chi connectivity index (χ0v) is 13.6. The molecule has 2 atom stereocenters. The summed E-state index contributed by atoms with van der Waals surface area (Å²) in [6, 6.07) is 6.66. The Hall–Kier alpha value is -0.660. The van der Waals surface area contributed by atoms with E-state index in [-0.39, 0.29) is 39.1 Å². The third-order valence-electron chi connectivity index (χ3n) is 2.65. The van der Waals surface area contributed by atoms with Crippen LogP contribution in [-0.4, -0.2) is 20.8 Å². The molecule has 2 unspecified atom stereocenters. The Balaban J connectivity index is 2.87. The molecule has 0 radical (unpaired) electrons. The van der Waals surface area contributed by atoms with Crippen LogP contribution < -0.4 is 3.53 Å². The monoisotopic (exact) mass is 378 g/mol. The summed E-state index contributed by atoms with van der Waals surface area (Å²) in [7, 11) is 3.58. The fourth-order valence-electron chi connectivity index (χ4n) is 1.68. The normalized spacial score (nSPS) is 15.6. The molecule has 1 aromatic carbocycles. The summed E-state index contributed by atoms with van der Waals surface area (Å²) in [6.07, 6.45) is 4.09. The highest BCUT2D eigenvalue weighted by Crippen LogP contribution is 2.29. The number of hydrogen-bond donors (Lipinski definition) is 1. The number of methoxy groups -OCH3 is 1. The van der Waals surface area contributed by atoms with Gasteiger partial charge in [0, 0.05) is 13.0 Å². The maximum absolute atomic E-state index is 13.0. The second kappa shape index (κ2) is 9.28. The van der Waals surface area contributed by atoms with Gasteiger partial charge in [0.2, 0.25) is 0 Å². The van der Waals surface area contributed by atoms with Crippen LogP contribution in [0.5, 0.6) is 0 Å². The molecule has 1 aromatic rings. The topological polar surface area (TPSA) is 33.6 Å². The van der Waals surface area contributed by atoms with E-state index in [0.29, 0.717) is 6.61 Å². The summed E-state index contributed by atoms with van der Waals surface area (Å²) in [5.41, 5.74) is 1.05. The predicted octanol–water partition coefficient (Wildman–Crippen LogP) is 3.99. The minimum atomic E-state index is -0.383. The van der Waals surface area contributed by atoms with Crippen LogP contribution in [-0.2, 0) is 4.74 Å². The zero-order valence-electron chi connectivity index (χ0n) is 11.4. The average molecular weight is 378 g/mol. The van der Waals surface area contributed by atoms with E-state index in [1.165, 1.54) is 12.1 Å². The van der Waals surface area contributed by atoms with Gasteiger partial charge in [0.05, 0.1) is 34.0 Å². The molecule has 0 saturated heterocycles. The second-order valence-corrected chi connectivity index (χ2v) is 6.23. The van der Waals surface area contributed by atoms with Crippen LogP contribution in [0, 0.1) is 11.7 Å². The van der Waals surface area contributed by atoms with Crippen LogP contribution in [0.1, 0.15) is 18.5 Å². The Bertz CT molecular complexity index is 420. The summed E-state index contributed by atoms with van der Waals surface area (Å²) in [5, 5.41) is 0. The largest absolute Gasteiger partial charge is 0.381 e. The fraction of sp³-hybridized carbons (Fsp3) is 0.429. The lowest BCUT2D eigenvalue weighted by Gasteiger charge is -2.17. The molecular weight excluding hydrogens is 358 g/mol. The summed E-state index contributed by atoms with van der Waals surface area (Å²) < 4.78 is 25.8. The van der Waals surface area contributed by atoms with E-state index in [4.69, 9.17) is 7.88 Å². The molecule has 5 heteroatoms.